The molecule has 0 aliphatic rings. The van der Waals surface area contributed by atoms with E-state index in [1.54, 1.807) is 0 Å². The van der Waals surface area contributed by atoms with Crippen molar-refractivity contribution < 1.29 is 10.6 Å². The van der Waals surface area contributed by atoms with Crippen molar-refractivity contribution >= 4 is 15.5 Å². The van der Waals surface area contributed by atoms with Crippen molar-refractivity contribution in [2.75, 3.05) is 0 Å². The SMILES string of the molecule is N.[F][Al]([F])[F]. The van der Waals surface area contributed by atoms with Gasteiger partial charge >= 0.3 is 15.5 Å². The predicted octanol–water partition coefficient (Wildman–Crippen LogP) is 1.04. The molecule has 0 amide bonds. The van der Waals surface area contributed by atoms with E-state index in [9.17, 15) is 10.6 Å². The maximum atomic E-state index is 9.81. The first-order valence-electron chi connectivity index (χ1n) is 0.655. The quantitative estimate of drug-likeness (QED) is 0.454. The molecule has 0 aliphatic carbocycles. The topological polar surface area (TPSA) is 35.0 Å². The van der Waals surface area contributed by atoms with E-state index in [0.717, 1.165) is 0 Å². The summed E-state index contributed by atoms with van der Waals surface area (Å²) in [5.41, 5.74) is 0. The first-order chi connectivity index (χ1) is 1.73. The zero-order valence-electron chi connectivity index (χ0n) is 2.42. The molecule has 3 N–H and O–H groups in total. The number of hydrogen-bond donors (Lipinski definition) is 1. The van der Waals surface area contributed by atoms with Crippen LogP contribution in [0.2, 0.25) is 0 Å². The first kappa shape index (κ1) is 8.99. The highest BCUT2D eigenvalue weighted by Crippen LogP contribution is 1.80. The van der Waals surface area contributed by atoms with Crippen molar-refractivity contribution in [3.05, 3.63) is 0 Å². The lowest BCUT2D eigenvalue weighted by Gasteiger charge is -1.52. The van der Waals surface area contributed by atoms with Gasteiger partial charge in [-0.25, -0.2) is 0 Å². The van der Waals surface area contributed by atoms with Gasteiger partial charge in [-0.3, -0.25) is 0 Å². The molecule has 5 heavy (non-hydrogen) atoms. The van der Waals surface area contributed by atoms with E-state index in [1.807, 2.05) is 0 Å². The van der Waals surface area contributed by atoms with Crippen LogP contribution in [0, 0.1) is 0 Å². The summed E-state index contributed by atoms with van der Waals surface area (Å²) >= 11 is -4.64. The minimum Gasteiger partial charge on any atom is -0.346 e. The van der Waals surface area contributed by atoms with Crippen LogP contribution in [0.5, 0.6) is 0 Å². The molecule has 0 heterocycles. The second-order valence-electron chi connectivity index (χ2n) is 0.247. The summed E-state index contributed by atoms with van der Waals surface area (Å²) in [5, 5.41) is 0. The monoisotopic (exact) mass is 101 g/mol. The van der Waals surface area contributed by atoms with Crippen molar-refractivity contribution in [1.29, 1.82) is 0 Å². The second kappa shape index (κ2) is 4.28. The van der Waals surface area contributed by atoms with Gasteiger partial charge in [0, 0.05) is 0 Å². The van der Waals surface area contributed by atoms with Crippen LogP contribution < -0.4 is 6.15 Å². The highest BCUT2D eigenvalue weighted by atomic mass is 27.3. The summed E-state index contributed by atoms with van der Waals surface area (Å²) in [7, 11) is 0. The normalized spacial score (nSPS) is 5.40. The van der Waals surface area contributed by atoms with Crippen LogP contribution in [-0.2, 0) is 0 Å². The van der Waals surface area contributed by atoms with Gasteiger partial charge in [-0.2, -0.15) is 0 Å². The minimum atomic E-state index is -4.64. The highest BCUT2D eigenvalue weighted by molar-refractivity contribution is 6.33. The lowest BCUT2D eigenvalue weighted by Crippen LogP contribution is -1.76. The van der Waals surface area contributed by atoms with Gasteiger partial charge in [-0.05, 0) is 0 Å². The molecule has 32 valence electrons. The van der Waals surface area contributed by atoms with E-state index in [2.05, 4.69) is 0 Å². The Labute approximate surface area is 33.2 Å². The van der Waals surface area contributed by atoms with Gasteiger partial charge in [0.15, 0.2) is 0 Å². The molecule has 5 heteroatoms. The molecule has 0 radical (unpaired) electrons. The highest BCUT2D eigenvalue weighted by Gasteiger charge is 2.21. The third kappa shape index (κ3) is 280. The van der Waals surface area contributed by atoms with Crippen LogP contribution in [0.25, 0.3) is 0 Å². The Kier molecular flexibility index (Phi) is 7.70. The Bertz CT molecular complexity index is 11.6. The molecule has 0 saturated carbocycles. The summed E-state index contributed by atoms with van der Waals surface area (Å²) in [6.45, 7) is 0. The van der Waals surface area contributed by atoms with E-state index in [0.29, 0.717) is 0 Å². The molecule has 0 unspecified atom stereocenters. The fraction of sp³-hybridized carbons (Fsp3) is 0. The average molecular weight is 101 g/mol. The Morgan fingerprint density at radius 1 is 1.00 bits per heavy atom. The molecule has 0 atom stereocenters. The maximum Gasteiger partial charge on any atom is 1.04 e. The molecule has 0 aromatic heterocycles. The molecule has 1 nitrogen and oxygen atoms in total. The van der Waals surface area contributed by atoms with Crippen molar-refractivity contribution in [3.8, 4) is 0 Å². The van der Waals surface area contributed by atoms with Gasteiger partial charge in [-0.1, -0.05) is 0 Å². The molecule has 0 aromatic carbocycles. The Morgan fingerprint density at radius 3 is 1.00 bits per heavy atom. The molecule has 0 spiro atoms. The van der Waals surface area contributed by atoms with Crippen LogP contribution in [0.3, 0.4) is 0 Å². The van der Waals surface area contributed by atoms with Crippen LogP contribution in [-0.4, -0.2) is 15.5 Å². The van der Waals surface area contributed by atoms with Gasteiger partial charge in [0.2, 0.25) is 0 Å². The van der Waals surface area contributed by atoms with Crippen LogP contribution in [0.4, 0.5) is 10.6 Å². The fourth-order valence-electron chi connectivity index (χ4n) is 0. The van der Waals surface area contributed by atoms with Gasteiger partial charge in [0.1, 0.15) is 0 Å². The number of hydrogen-bond acceptors (Lipinski definition) is 1. The number of rotatable bonds is 0. The van der Waals surface area contributed by atoms with E-state index < -0.39 is 15.5 Å². The zero-order valence-corrected chi connectivity index (χ0v) is 3.57. The summed E-state index contributed by atoms with van der Waals surface area (Å²) in [5.74, 6) is 0. The zero-order chi connectivity index (χ0) is 3.58. The molecule has 0 aliphatic heterocycles. The maximum absolute atomic E-state index is 9.81. The van der Waals surface area contributed by atoms with Gasteiger partial charge in [-0.15, -0.1) is 0 Å². The lowest BCUT2D eigenvalue weighted by molar-refractivity contribution is 0.535. The summed E-state index contributed by atoms with van der Waals surface area (Å²) in [4.78, 5) is 0. The van der Waals surface area contributed by atoms with Crippen LogP contribution >= 0.6 is 0 Å². The average Bonchev–Trinajstić information content (AvgIpc) is 0.811. The van der Waals surface area contributed by atoms with Crippen LogP contribution in [0.15, 0.2) is 0 Å². The third-order valence-electron chi connectivity index (χ3n) is 0. The van der Waals surface area contributed by atoms with Crippen molar-refractivity contribution in [2.24, 2.45) is 0 Å². The minimum absolute atomic E-state index is 0. The Morgan fingerprint density at radius 2 is 1.00 bits per heavy atom. The van der Waals surface area contributed by atoms with Gasteiger partial charge in [0.25, 0.3) is 0 Å². The number of halogens is 3. The molecular weight excluding hydrogens is 98.0 g/mol. The van der Waals surface area contributed by atoms with E-state index >= 15 is 0 Å². The van der Waals surface area contributed by atoms with E-state index in [1.165, 1.54) is 0 Å². The Hall–Kier alpha value is 0.282. The standard InChI is InChI=1S/Al.3FH.H3N/h;3*1H;1H3/q+3;;;;/p-3. The van der Waals surface area contributed by atoms with E-state index in [-0.39, 0.29) is 6.15 Å². The summed E-state index contributed by atoms with van der Waals surface area (Å²) in [6.07, 6.45) is 0. The third-order valence-corrected chi connectivity index (χ3v) is 0. The fourth-order valence-corrected chi connectivity index (χ4v) is 0. The van der Waals surface area contributed by atoms with Gasteiger partial charge in [0.05, 0.1) is 0 Å². The molecular formula is H3AlF3N. The largest absolute Gasteiger partial charge is 1.04 e. The van der Waals surface area contributed by atoms with Crippen molar-refractivity contribution in [2.45, 2.75) is 0 Å². The second-order valence-corrected chi connectivity index (χ2v) is 0.742. The van der Waals surface area contributed by atoms with Crippen molar-refractivity contribution in [1.82, 2.24) is 6.15 Å². The Balaban J connectivity index is 0. The summed E-state index contributed by atoms with van der Waals surface area (Å²) in [6, 6.07) is 0. The molecule has 0 bridgehead atoms. The summed E-state index contributed by atoms with van der Waals surface area (Å²) < 4.78 is 29.4. The van der Waals surface area contributed by atoms with E-state index in [4.69, 9.17) is 0 Å². The van der Waals surface area contributed by atoms with Crippen molar-refractivity contribution in [3.63, 3.8) is 0 Å². The predicted molar refractivity (Wildman–Crippen MR) is 14.1 cm³/mol. The van der Waals surface area contributed by atoms with Gasteiger partial charge < -0.3 is 16.7 Å². The molecule has 0 fully saturated rings. The molecule has 0 rings (SSSR count). The molecule has 0 aromatic rings. The molecule has 0 saturated heterocycles. The lowest BCUT2D eigenvalue weighted by atomic mass is 14.0. The smallest absolute Gasteiger partial charge is 0.346 e. The first-order valence-corrected chi connectivity index (χ1v) is 1.96. The van der Waals surface area contributed by atoms with Crippen LogP contribution in [0.1, 0.15) is 0 Å².